The second kappa shape index (κ2) is 9.10. The van der Waals surface area contributed by atoms with Gasteiger partial charge < -0.3 is 4.74 Å². The van der Waals surface area contributed by atoms with E-state index in [1.54, 1.807) is 16.8 Å². The first-order valence-corrected chi connectivity index (χ1v) is 11.4. The van der Waals surface area contributed by atoms with Gasteiger partial charge >= 0.3 is 5.97 Å². The molecule has 0 aliphatic rings. The molecule has 0 bridgehead atoms. The van der Waals surface area contributed by atoms with Gasteiger partial charge in [0.1, 0.15) is 5.69 Å². The number of thioether (sulfide) groups is 1. The van der Waals surface area contributed by atoms with Crippen molar-refractivity contribution in [3.63, 3.8) is 0 Å². The molecule has 0 saturated heterocycles. The van der Waals surface area contributed by atoms with E-state index in [0.29, 0.717) is 27.8 Å². The Hall–Kier alpha value is -4.39. The van der Waals surface area contributed by atoms with Gasteiger partial charge in [0, 0.05) is 17.9 Å². The van der Waals surface area contributed by atoms with Crippen LogP contribution in [-0.2, 0) is 21.7 Å². The Morgan fingerprint density at radius 1 is 1.14 bits per heavy atom. The van der Waals surface area contributed by atoms with Crippen molar-refractivity contribution in [3.8, 4) is 5.69 Å². The first kappa shape index (κ1) is 22.4. The molecule has 5 aromatic rings. The van der Waals surface area contributed by atoms with Crippen molar-refractivity contribution < 1.29 is 14.5 Å². The fraction of sp³-hybridized carbons (Fsp3) is 0.182. The number of hydrogen-bond acceptors (Lipinski definition) is 10. The van der Waals surface area contributed by atoms with Crippen LogP contribution in [-0.4, -0.2) is 52.6 Å². The number of esters is 1. The molecule has 0 fully saturated rings. The van der Waals surface area contributed by atoms with Gasteiger partial charge in [0.15, 0.2) is 11.2 Å². The first-order chi connectivity index (χ1) is 16.9. The van der Waals surface area contributed by atoms with Crippen molar-refractivity contribution in [1.82, 2.24) is 34.6 Å². The van der Waals surface area contributed by atoms with E-state index in [1.165, 1.54) is 35.5 Å². The van der Waals surface area contributed by atoms with Gasteiger partial charge in [0.2, 0.25) is 5.16 Å². The van der Waals surface area contributed by atoms with E-state index in [4.69, 9.17) is 4.74 Å². The molecule has 0 aliphatic carbocycles. The number of rotatable bonds is 7. The van der Waals surface area contributed by atoms with Gasteiger partial charge in [-0.05, 0) is 24.6 Å². The highest BCUT2D eigenvalue weighted by Gasteiger charge is 2.22. The minimum absolute atomic E-state index is 0.0266. The number of nitro groups is 1. The molecule has 2 aromatic carbocycles. The lowest BCUT2D eigenvalue weighted by molar-refractivity contribution is -0.384. The lowest BCUT2D eigenvalue weighted by Gasteiger charge is -2.04. The standard InChI is InChI=1S/C22H18N8O4S/c1-13-6-8-15(9-7-13)28-20-19(17(26-28)11-18(31)34-2)24-25-21-23-22(27-29(20)21)35-12-14-4-3-5-16(10-14)30(32)33/h3-10H,11-12H2,1-2H3. The Bertz CT molecular complexity index is 1580. The fourth-order valence-corrected chi connectivity index (χ4v) is 4.25. The van der Waals surface area contributed by atoms with Crippen molar-refractivity contribution in [3.05, 3.63) is 75.5 Å². The van der Waals surface area contributed by atoms with E-state index < -0.39 is 10.9 Å². The molecule has 0 spiro atoms. The van der Waals surface area contributed by atoms with Crippen LogP contribution in [0.5, 0.6) is 0 Å². The van der Waals surface area contributed by atoms with E-state index >= 15 is 0 Å². The molecule has 5 rings (SSSR count). The maximum Gasteiger partial charge on any atom is 0.311 e. The number of aryl methyl sites for hydroxylation is 1. The molecule has 0 aliphatic heterocycles. The summed E-state index contributed by atoms with van der Waals surface area (Å²) >= 11 is 1.32. The predicted octanol–water partition coefficient (Wildman–Crippen LogP) is 3.08. The summed E-state index contributed by atoms with van der Waals surface area (Å²) in [6.45, 7) is 1.99. The monoisotopic (exact) mass is 490 g/mol. The zero-order valence-corrected chi connectivity index (χ0v) is 19.5. The Kier molecular flexibility index (Phi) is 5.82. The number of aromatic nitrogens is 7. The minimum Gasteiger partial charge on any atom is -0.469 e. The van der Waals surface area contributed by atoms with Crippen LogP contribution in [0.25, 0.3) is 22.6 Å². The number of hydrogen-bond donors (Lipinski definition) is 0. The van der Waals surface area contributed by atoms with Gasteiger partial charge in [-0.15, -0.1) is 15.3 Å². The van der Waals surface area contributed by atoms with Gasteiger partial charge in [0.25, 0.3) is 11.5 Å². The molecule has 176 valence electrons. The van der Waals surface area contributed by atoms with Gasteiger partial charge in [-0.1, -0.05) is 41.6 Å². The summed E-state index contributed by atoms with van der Waals surface area (Å²) in [5, 5.41) is 29.1. The topological polar surface area (TPSA) is 143 Å². The summed E-state index contributed by atoms with van der Waals surface area (Å²) in [7, 11) is 1.31. The summed E-state index contributed by atoms with van der Waals surface area (Å²) in [6, 6.07) is 14.1. The summed E-state index contributed by atoms with van der Waals surface area (Å²) in [5.41, 5.74) is 3.96. The van der Waals surface area contributed by atoms with Gasteiger partial charge in [-0.2, -0.15) is 14.6 Å². The third kappa shape index (κ3) is 4.40. The number of carbonyl (C=O) groups excluding carboxylic acids is 1. The highest BCUT2D eigenvalue weighted by molar-refractivity contribution is 7.98. The lowest BCUT2D eigenvalue weighted by atomic mass is 10.2. The third-order valence-electron chi connectivity index (χ3n) is 5.22. The molecular weight excluding hydrogens is 472 g/mol. The van der Waals surface area contributed by atoms with Crippen LogP contribution in [0.15, 0.2) is 53.7 Å². The zero-order valence-electron chi connectivity index (χ0n) is 18.7. The van der Waals surface area contributed by atoms with Crippen LogP contribution >= 0.6 is 11.8 Å². The molecule has 0 N–H and O–H groups in total. The molecule has 13 heteroatoms. The van der Waals surface area contributed by atoms with Crippen LogP contribution in [0.4, 0.5) is 5.69 Å². The largest absolute Gasteiger partial charge is 0.469 e. The van der Waals surface area contributed by atoms with Crippen LogP contribution in [0.3, 0.4) is 0 Å². The number of fused-ring (bicyclic) bond motifs is 3. The average molecular weight is 491 g/mol. The third-order valence-corrected chi connectivity index (χ3v) is 6.13. The zero-order chi connectivity index (χ0) is 24.5. The van der Waals surface area contributed by atoms with Gasteiger partial charge in [0.05, 0.1) is 24.1 Å². The number of non-ortho nitro benzene ring substituents is 1. The highest BCUT2D eigenvalue weighted by atomic mass is 32.2. The molecular formula is C22H18N8O4S. The second-order valence-electron chi connectivity index (χ2n) is 7.64. The lowest BCUT2D eigenvalue weighted by Crippen LogP contribution is -2.06. The normalized spacial score (nSPS) is 11.3. The number of methoxy groups -OCH3 is 1. The Balaban J connectivity index is 1.57. The fourth-order valence-electron chi connectivity index (χ4n) is 3.49. The SMILES string of the molecule is COC(=O)Cc1nn(-c2ccc(C)cc2)c2c1nnc1nc(SCc3cccc([N+](=O)[O-])c3)nn12. The van der Waals surface area contributed by atoms with Crippen LogP contribution in [0, 0.1) is 17.0 Å². The minimum atomic E-state index is -0.450. The molecule has 0 radical (unpaired) electrons. The van der Waals surface area contributed by atoms with Crippen molar-refractivity contribution in [2.24, 2.45) is 0 Å². The Morgan fingerprint density at radius 2 is 1.94 bits per heavy atom. The molecule has 3 aromatic heterocycles. The quantitative estimate of drug-likeness (QED) is 0.144. The van der Waals surface area contributed by atoms with E-state index in [9.17, 15) is 14.9 Å². The first-order valence-electron chi connectivity index (χ1n) is 10.4. The van der Waals surface area contributed by atoms with E-state index in [-0.39, 0.29) is 17.9 Å². The summed E-state index contributed by atoms with van der Waals surface area (Å²) < 4.78 is 7.99. The average Bonchev–Trinajstić information content (AvgIpc) is 3.44. The van der Waals surface area contributed by atoms with Crippen molar-refractivity contribution in [1.29, 1.82) is 0 Å². The Morgan fingerprint density at radius 3 is 2.69 bits per heavy atom. The number of nitrogens with zero attached hydrogens (tertiary/aromatic N) is 8. The molecule has 0 unspecified atom stereocenters. The van der Waals surface area contributed by atoms with E-state index in [0.717, 1.165) is 16.8 Å². The molecule has 35 heavy (non-hydrogen) atoms. The van der Waals surface area contributed by atoms with E-state index in [1.807, 2.05) is 31.2 Å². The predicted molar refractivity (Wildman–Crippen MR) is 126 cm³/mol. The maximum absolute atomic E-state index is 12.0. The van der Waals surface area contributed by atoms with E-state index in [2.05, 4.69) is 25.4 Å². The molecule has 0 saturated carbocycles. The summed E-state index contributed by atoms with van der Waals surface area (Å²) in [6.07, 6.45) is -0.0743. The highest BCUT2D eigenvalue weighted by Crippen LogP contribution is 2.25. The van der Waals surface area contributed by atoms with Crippen molar-refractivity contribution in [2.75, 3.05) is 7.11 Å². The van der Waals surface area contributed by atoms with Gasteiger partial charge in [-0.3, -0.25) is 14.9 Å². The van der Waals surface area contributed by atoms with Crippen molar-refractivity contribution in [2.45, 2.75) is 24.3 Å². The number of benzene rings is 2. The molecule has 0 atom stereocenters. The summed E-state index contributed by atoms with van der Waals surface area (Å²) in [5.74, 6) is 0.242. The second-order valence-corrected chi connectivity index (χ2v) is 8.58. The molecule has 0 amide bonds. The van der Waals surface area contributed by atoms with Crippen LogP contribution in [0.1, 0.15) is 16.8 Å². The molecule has 3 heterocycles. The smallest absolute Gasteiger partial charge is 0.311 e. The Labute approximate surface area is 202 Å². The van der Waals surface area contributed by atoms with Crippen molar-refractivity contribution >= 4 is 40.4 Å². The van der Waals surface area contributed by atoms with Crippen LogP contribution in [0.2, 0.25) is 0 Å². The summed E-state index contributed by atoms with van der Waals surface area (Å²) in [4.78, 5) is 27.0. The number of nitro benzene ring substituents is 1. The maximum atomic E-state index is 12.0. The van der Waals surface area contributed by atoms with Gasteiger partial charge in [-0.25, -0.2) is 4.68 Å². The number of carbonyl (C=O) groups is 1. The molecule has 12 nitrogen and oxygen atoms in total. The van der Waals surface area contributed by atoms with Crippen LogP contribution < -0.4 is 0 Å². The number of ether oxygens (including phenoxy) is 1.